The molecular weight excluding hydrogens is 593 g/mol. The third-order valence-electron chi connectivity index (χ3n) is 8.29. The van der Waals surface area contributed by atoms with Gasteiger partial charge in [0.25, 0.3) is 0 Å². The Morgan fingerprint density at radius 3 is 2.11 bits per heavy atom. The number of thioether (sulfide) groups is 1. The van der Waals surface area contributed by atoms with E-state index in [-0.39, 0.29) is 5.25 Å². The van der Waals surface area contributed by atoms with Crippen molar-refractivity contribution >= 4 is 35.0 Å². The molecule has 7 heteroatoms. The topological polar surface area (TPSA) is 42.6 Å². The van der Waals surface area contributed by atoms with E-state index in [0.29, 0.717) is 6.42 Å². The highest BCUT2D eigenvalue weighted by Crippen LogP contribution is 2.58. The van der Waals surface area contributed by atoms with Gasteiger partial charge in [0.05, 0.1) is 17.1 Å². The number of aryl methyl sites for hydroxylation is 1. The number of oxime groups is 1. The van der Waals surface area contributed by atoms with Crippen molar-refractivity contribution < 1.29 is 4.84 Å². The van der Waals surface area contributed by atoms with Crippen molar-refractivity contribution in [3.05, 3.63) is 168 Å². The predicted molar refractivity (Wildman–Crippen MR) is 183 cm³/mol. The van der Waals surface area contributed by atoms with Crippen LogP contribution in [0.4, 0.5) is 5.69 Å². The highest BCUT2D eigenvalue weighted by Gasteiger charge is 2.53. The molecular formula is C38H30N4OS2. The van der Waals surface area contributed by atoms with Crippen molar-refractivity contribution in [2.75, 3.05) is 4.90 Å². The summed E-state index contributed by atoms with van der Waals surface area (Å²) in [5, 5.41) is 11.1. The van der Waals surface area contributed by atoms with Crippen molar-refractivity contribution in [1.29, 1.82) is 0 Å². The smallest absolute Gasteiger partial charge is 0.242 e. The summed E-state index contributed by atoms with van der Waals surface area (Å²) < 4.78 is 2.11. The lowest BCUT2D eigenvalue weighted by molar-refractivity contribution is -0.0284. The lowest BCUT2D eigenvalue weighted by atomic mass is 9.92. The average molecular weight is 623 g/mol. The quantitative estimate of drug-likeness (QED) is 0.185. The Kier molecular flexibility index (Phi) is 7.20. The molecule has 2 aliphatic rings. The van der Waals surface area contributed by atoms with Crippen LogP contribution in [0.15, 0.2) is 166 Å². The van der Waals surface area contributed by atoms with E-state index in [1.165, 1.54) is 15.4 Å². The molecule has 45 heavy (non-hydrogen) atoms. The lowest BCUT2D eigenvalue weighted by Crippen LogP contribution is -2.47. The van der Waals surface area contributed by atoms with E-state index in [1.807, 2.05) is 23.9 Å². The molecule has 6 aromatic rings. The summed E-state index contributed by atoms with van der Waals surface area (Å²) in [7, 11) is 0. The van der Waals surface area contributed by atoms with E-state index >= 15 is 0 Å². The van der Waals surface area contributed by atoms with Crippen LogP contribution >= 0.6 is 23.5 Å². The van der Waals surface area contributed by atoms with E-state index < -0.39 is 5.72 Å². The summed E-state index contributed by atoms with van der Waals surface area (Å²) in [6.45, 7) is 2.13. The summed E-state index contributed by atoms with van der Waals surface area (Å²) in [5.74, 6) is 0.809. The molecule has 0 saturated heterocycles. The van der Waals surface area contributed by atoms with Crippen LogP contribution in [0.3, 0.4) is 0 Å². The SMILES string of the molecule is Cc1nn(-c2ccccc2)c(Sc2ccccc2)c1C1CC2(c3ccccc3)ON=C(c3ccccc3)N2c2ccccc2S1. The van der Waals surface area contributed by atoms with Crippen molar-refractivity contribution in [2.45, 2.75) is 39.1 Å². The van der Waals surface area contributed by atoms with E-state index in [0.717, 1.165) is 39.1 Å². The second kappa shape index (κ2) is 11.7. The lowest BCUT2D eigenvalue weighted by Gasteiger charge is -2.37. The molecule has 2 atom stereocenters. The van der Waals surface area contributed by atoms with Gasteiger partial charge in [-0.25, -0.2) is 4.68 Å². The summed E-state index contributed by atoms with van der Waals surface area (Å²) in [6, 6.07) is 50.5. The number of benzene rings is 5. The van der Waals surface area contributed by atoms with Gasteiger partial charge in [0, 0.05) is 38.2 Å². The van der Waals surface area contributed by atoms with E-state index in [1.54, 1.807) is 11.8 Å². The van der Waals surface area contributed by atoms with Crippen molar-refractivity contribution in [1.82, 2.24) is 9.78 Å². The van der Waals surface area contributed by atoms with Crippen LogP contribution in [-0.2, 0) is 10.6 Å². The number of hydrogen-bond donors (Lipinski definition) is 0. The minimum Gasteiger partial charge on any atom is -0.360 e. The molecule has 8 rings (SSSR count). The Morgan fingerprint density at radius 1 is 0.756 bits per heavy atom. The Labute approximate surface area is 271 Å². The zero-order chi connectivity index (χ0) is 30.2. The fourth-order valence-corrected chi connectivity index (χ4v) is 8.93. The number of hydrogen-bond acceptors (Lipinski definition) is 6. The molecule has 0 radical (unpaired) electrons. The van der Waals surface area contributed by atoms with Crippen LogP contribution in [0.25, 0.3) is 5.69 Å². The second-order valence-electron chi connectivity index (χ2n) is 11.1. The van der Waals surface area contributed by atoms with Crippen molar-refractivity contribution in [3.8, 4) is 5.69 Å². The maximum atomic E-state index is 6.74. The highest BCUT2D eigenvalue weighted by atomic mass is 32.2. The number of fused-ring (bicyclic) bond motifs is 3. The first-order chi connectivity index (χ1) is 22.2. The van der Waals surface area contributed by atoms with Crippen LogP contribution in [0.5, 0.6) is 0 Å². The normalized spacial score (nSPS) is 18.8. The number of nitrogens with zero attached hydrogens (tertiary/aromatic N) is 4. The van der Waals surface area contributed by atoms with Gasteiger partial charge >= 0.3 is 0 Å². The zero-order valence-electron chi connectivity index (χ0n) is 24.7. The number of amidine groups is 1. The monoisotopic (exact) mass is 622 g/mol. The standard InChI is InChI=1S/C38H30N4OS2/c1-27-35(37(44-31-22-12-5-13-23-31)42(39-27)30-20-10-4-11-21-30)34-26-38(29-18-8-3-9-19-29)41(32-24-14-15-25-33(32)45-34)36(40-43-38)28-16-6-2-7-17-28/h2-25,34H,26H2,1H3. The van der Waals surface area contributed by atoms with Gasteiger partial charge < -0.3 is 4.84 Å². The van der Waals surface area contributed by atoms with Crippen LogP contribution < -0.4 is 4.90 Å². The maximum absolute atomic E-state index is 6.74. The van der Waals surface area contributed by atoms with Gasteiger partial charge in [0.1, 0.15) is 5.03 Å². The molecule has 0 fully saturated rings. The Bertz CT molecular complexity index is 1980. The molecule has 5 aromatic carbocycles. The van der Waals surface area contributed by atoms with Gasteiger partial charge in [0.15, 0.2) is 5.84 Å². The number of aromatic nitrogens is 2. The number of para-hydroxylation sites is 2. The number of rotatable bonds is 6. The Hall–Kier alpha value is -4.72. The highest BCUT2D eigenvalue weighted by molar-refractivity contribution is 8.00. The van der Waals surface area contributed by atoms with Crippen molar-refractivity contribution in [3.63, 3.8) is 0 Å². The van der Waals surface area contributed by atoms with Gasteiger partial charge in [-0.1, -0.05) is 126 Å². The van der Waals surface area contributed by atoms with Crippen LogP contribution in [0.1, 0.15) is 34.1 Å². The Morgan fingerprint density at radius 2 is 1.38 bits per heavy atom. The van der Waals surface area contributed by atoms with Gasteiger partial charge in [-0.2, -0.15) is 5.10 Å². The molecule has 220 valence electrons. The maximum Gasteiger partial charge on any atom is 0.242 e. The molecule has 0 spiro atoms. The molecule has 0 amide bonds. The third-order valence-corrected chi connectivity index (χ3v) is 10.7. The summed E-state index contributed by atoms with van der Waals surface area (Å²) in [5.41, 5.74) is 5.55. The number of anilines is 1. The Balaban J connectivity index is 1.34. The molecule has 0 aliphatic carbocycles. The van der Waals surface area contributed by atoms with Crippen molar-refractivity contribution in [2.24, 2.45) is 5.16 Å². The first-order valence-electron chi connectivity index (χ1n) is 15.0. The summed E-state index contributed by atoms with van der Waals surface area (Å²) in [6.07, 6.45) is 0.653. The molecule has 2 unspecified atom stereocenters. The van der Waals surface area contributed by atoms with E-state index in [9.17, 15) is 0 Å². The van der Waals surface area contributed by atoms with Gasteiger partial charge in [-0.15, -0.1) is 11.8 Å². The zero-order valence-corrected chi connectivity index (χ0v) is 26.3. The predicted octanol–water partition coefficient (Wildman–Crippen LogP) is 9.62. The average Bonchev–Trinajstić information content (AvgIpc) is 3.59. The van der Waals surface area contributed by atoms with Gasteiger partial charge in [0.2, 0.25) is 5.72 Å². The first-order valence-corrected chi connectivity index (χ1v) is 16.7. The minimum atomic E-state index is -0.868. The molecule has 5 nitrogen and oxygen atoms in total. The molecule has 0 saturated carbocycles. The van der Waals surface area contributed by atoms with E-state index in [4.69, 9.17) is 15.1 Å². The molecule has 3 heterocycles. The van der Waals surface area contributed by atoms with Gasteiger partial charge in [-0.05, 0) is 43.3 Å². The molecule has 0 bridgehead atoms. The first kappa shape index (κ1) is 27.8. The fourth-order valence-electron chi connectivity index (χ4n) is 6.26. The minimum absolute atomic E-state index is 0.00496. The van der Waals surface area contributed by atoms with Crippen LogP contribution in [0.2, 0.25) is 0 Å². The summed E-state index contributed by atoms with van der Waals surface area (Å²) >= 11 is 3.64. The fraction of sp³-hybridized carbons (Fsp3) is 0.105. The largest absolute Gasteiger partial charge is 0.360 e. The second-order valence-corrected chi connectivity index (χ2v) is 13.4. The third kappa shape index (κ3) is 4.93. The van der Waals surface area contributed by atoms with E-state index in [2.05, 4.69) is 150 Å². The molecule has 2 aliphatic heterocycles. The van der Waals surface area contributed by atoms with Crippen LogP contribution in [-0.4, -0.2) is 15.6 Å². The molecule has 1 aromatic heterocycles. The molecule has 0 N–H and O–H groups in total. The van der Waals surface area contributed by atoms with Gasteiger partial charge in [-0.3, -0.25) is 4.90 Å². The summed E-state index contributed by atoms with van der Waals surface area (Å²) in [4.78, 5) is 11.4. The van der Waals surface area contributed by atoms with Crippen LogP contribution in [0, 0.1) is 6.92 Å².